The lowest BCUT2D eigenvalue weighted by Gasteiger charge is -2.07. The van der Waals surface area contributed by atoms with Crippen LogP contribution < -0.4 is 10.6 Å². The van der Waals surface area contributed by atoms with Gasteiger partial charge in [0.25, 0.3) is 0 Å². The summed E-state index contributed by atoms with van der Waals surface area (Å²) in [6.07, 6.45) is 0. The quantitative estimate of drug-likeness (QED) is 0.829. The molecule has 92 valence electrons. The zero-order chi connectivity index (χ0) is 12.8. The molecule has 0 saturated heterocycles. The van der Waals surface area contributed by atoms with E-state index in [4.69, 9.17) is 0 Å². The Bertz CT molecular complexity index is 528. The molecule has 0 aliphatic rings. The molecule has 4 heteroatoms. The van der Waals surface area contributed by atoms with Gasteiger partial charge in [-0.3, -0.25) is 4.79 Å². The van der Waals surface area contributed by atoms with Gasteiger partial charge in [0, 0.05) is 14.9 Å². The van der Waals surface area contributed by atoms with Crippen molar-refractivity contribution in [2.24, 2.45) is 0 Å². The van der Waals surface area contributed by atoms with E-state index in [0.29, 0.717) is 0 Å². The molecule has 0 radical (unpaired) electrons. The van der Waals surface area contributed by atoms with Crippen LogP contribution in [0.3, 0.4) is 0 Å². The SMILES string of the molecule is O=C(CNc1cccc(I)c1)Nc1ccccc1. The van der Waals surface area contributed by atoms with Gasteiger partial charge in [0.15, 0.2) is 0 Å². The molecule has 0 aromatic heterocycles. The smallest absolute Gasteiger partial charge is 0.243 e. The first kappa shape index (κ1) is 12.9. The number of nitrogens with one attached hydrogen (secondary N) is 2. The Morgan fingerprint density at radius 1 is 1.00 bits per heavy atom. The molecule has 2 rings (SSSR count). The molecule has 0 bridgehead atoms. The molecule has 2 aromatic carbocycles. The number of hydrogen-bond acceptors (Lipinski definition) is 2. The topological polar surface area (TPSA) is 41.1 Å². The fourth-order valence-corrected chi connectivity index (χ4v) is 2.05. The van der Waals surface area contributed by atoms with E-state index in [2.05, 4.69) is 33.2 Å². The van der Waals surface area contributed by atoms with Crippen molar-refractivity contribution in [1.82, 2.24) is 0 Å². The third kappa shape index (κ3) is 4.03. The Labute approximate surface area is 120 Å². The molecule has 0 fully saturated rings. The fraction of sp³-hybridized carbons (Fsp3) is 0.0714. The predicted molar refractivity (Wildman–Crippen MR) is 82.7 cm³/mol. The second-order valence-corrected chi connectivity index (χ2v) is 5.02. The van der Waals surface area contributed by atoms with E-state index in [1.54, 1.807) is 0 Å². The highest BCUT2D eigenvalue weighted by atomic mass is 127. The molecule has 18 heavy (non-hydrogen) atoms. The summed E-state index contributed by atoms with van der Waals surface area (Å²) < 4.78 is 1.14. The first-order valence-corrected chi connectivity index (χ1v) is 6.66. The number of para-hydroxylation sites is 1. The van der Waals surface area contributed by atoms with E-state index in [0.717, 1.165) is 14.9 Å². The molecule has 0 atom stereocenters. The summed E-state index contributed by atoms with van der Waals surface area (Å²) in [5.74, 6) is -0.0555. The summed E-state index contributed by atoms with van der Waals surface area (Å²) >= 11 is 2.24. The van der Waals surface area contributed by atoms with Gasteiger partial charge in [0.1, 0.15) is 0 Å². The first-order valence-electron chi connectivity index (χ1n) is 5.58. The number of anilines is 2. The predicted octanol–water partition coefficient (Wildman–Crippen LogP) is 3.34. The lowest BCUT2D eigenvalue weighted by atomic mass is 10.3. The van der Waals surface area contributed by atoms with Gasteiger partial charge in [-0.05, 0) is 52.9 Å². The van der Waals surface area contributed by atoms with E-state index in [1.165, 1.54) is 0 Å². The van der Waals surface area contributed by atoms with Crippen molar-refractivity contribution in [2.75, 3.05) is 17.2 Å². The summed E-state index contributed by atoms with van der Waals surface area (Å²) in [6, 6.07) is 17.3. The Morgan fingerprint density at radius 3 is 2.44 bits per heavy atom. The molecule has 2 N–H and O–H groups in total. The van der Waals surface area contributed by atoms with E-state index < -0.39 is 0 Å². The van der Waals surface area contributed by atoms with Gasteiger partial charge in [-0.15, -0.1) is 0 Å². The van der Waals surface area contributed by atoms with Crippen molar-refractivity contribution in [3.05, 3.63) is 58.2 Å². The molecule has 0 aliphatic carbocycles. The highest BCUT2D eigenvalue weighted by Crippen LogP contribution is 2.12. The van der Waals surface area contributed by atoms with Gasteiger partial charge in [0.05, 0.1) is 6.54 Å². The van der Waals surface area contributed by atoms with Gasteiger partial charge >= 0.3 is 0 Å². The summed E-state index contributed by atoms with van der Waals surface area (Å²) in [7, 11) is 0. The summed E-state index contributed by atoms with van der Waals surface area (Å²) in [5.41, 5.74) is 1.76. The first-order chi connectivity index (χ1) is 8.74. The van der Waals surface area contributed by atoms with Crippen molar-refractivity contribution < 1.29 is 4.79 Å². The van der Waals surface area contributed by atoms with E-state index >= 15 is 0 Å². The number of halogens is 1. The zero-order valence-electron chi connectivity index (χ0n) is 9.69. The van der Waals surface area contributed by atoms with Crippen LogP contribution in [0.4, 0.5) is 11.4 Å². The van der Waals surface area contributed by atoms with Crippen LogP contribution in [-0.2, 0) is 4.79 Å². The van der Waals surface area contributed by atoms with E-state index in [1.807, 2.05) is 54.6 Å². The van der Waals surface area contributed by atoms with Crippen LogP contribution in [0.25, 0.3) is 0 Å². The number of rotatable bonds is 4. The molecule has 0 spiro atoms. The van der Waals surface area contributed by atoms with Gasteiger partial charge in [-0.2, -0.15) is 0 Å². The highest BCUT2D eigenvalue weighted by molar-refractivity contribution is 14.1. The van der Waals surface area contributed by atoms with E-state index in [9.17, 15) is 4.79 Å². The van der Waals surface area contributed by atoms with Crippen molar-refractivity contribution in [2.45, 2.75) is 0 Å². The monoisotopic (exact) mass is 352 g/mol. The lowest BCUT2D eigenvalue weighted by molar-refractivity contribution is -0.114. The zero-order valence-corrected chi connectivity index (χ0v) is 11.8. The van der Waals surface area contributed by atoms with Crippen LogP contribution in [0.15, 0.2) is 54.6 Å². The fourth-order valence-electron chi connectivity index (χ4n) is 1.51. The number of benzene rings is 2. The average Bonchev–Trinajstić information content (AvgIpc) is 2.38. The van der Waals surface area contributed by atoms with Crippen molar-refractivity contribution in [1.29, 1.82) is 0 Å². The summed E-state index contributed by atoms with van der Waals surface area (Å²) in [5, 5.41) is 5.91. The number of carbonyl (C=O) groups is 1. The van der Waals surface area contributed by atoms with Gasteiger partial charge in [0.2, 0.25) is 5.91 Å². The third-order valence-corrected chi connectivity index (χ3v) is 3.01. The molecular weight excluding hydrogens is 339 g/mol. The Hall–Kier alpha value is -1.56. The number of hydrogen-bond donors (Lipinski definition) is 2. The van der Waals surface area contributed by atoms with E-state index in [-0.39, 0.29) is 12.5 Å². The molecule has 0 unspecified atom stereocenters. The maximum atomic E-state index is 11.7. The Balaban J connectivity index is 1.85. The van der Waals surface area contributed by atoms with Crippen LogP contribution in [0.1, 0.15) is 0 Å². The molecule has 3 nitrogen and oxygen atoms in total. The molecule has 0 aliphatic heterocycles. The maximum Gasteiger partial charge on any atom is 0.243 e. The van der Waals surface area contributed by atoms with Gasteiger partial charge < -0.3 is 10.6 Å². The van der Waals surface area contributed by atoms with Crippen molar-refractivity contribution in [3.63, 3.8) is 0 Å². The molecule has 1 amide bonds. The van der Waals surface area contributed by atoms with Crippen LogP contribution >= 0.6 is 22.6 Å². The standard InChI is InChI=1S/C14H13IN2O/c15-11-5-4-8-13(9-11)16-10-14(18)17-12-6-2-1-3-7-12/h1-9,16H,10H2,(H,17,18). The van der Waals surface area contributed by atoms with Crippen molar-refractivity contribution >= 4 is 39.9 Å². The van der Waals surface area contributed by atoms with Crippen LogP contribution in [0.2, 0.25) is 0 Å². The Morgan fingerprint density at radius 2 is 1.72 bits per heavy atom. The molecule has 2 aromatic rings. The third-order valence-electron chi connectivity index (χ3n) is 2.34. The van der Waals surface area contributed by atoms with Crippen LogP contribution in [-0.4, -0.2) is 12.5 Å². The molecule has 0 saturated carbocycles. The minimum Gasteiger partial charge on any atom is -0.376 e. The minimum absolute atomic E-state index is 0.0555. The molecular formula is C14H13IN2O. The molecule has 0 heterocycles. The largest absolute Gasteiger partial charge is 0.376 e. The number of amides is 1. The van der Waals surface area contributed by atoms with Crippen LogP contribution in [0.5, 0.6) is 0 Å². The summed E-state index contributed by atoms with van der Waals surface area (Å²) in [4.78, 5) is 11.7. The minimum atomic E-state index is -0.0555. The maximum absolute atomic E-state index is 11.7. The normalized spacial score (nSPS) is 9.83. The van der Waals surface area contributed by atoms with Crippen molar-refractivity contribution in [3.8, 4) is 0 Å². The highest BCUT2D eigenvalue weighted by Gasteiger charge is 2.01. The average molecular weight is 352 g/mol. The number of carbonyl (C=O) groups excluding carboxylic acids is 1. The second-order valence-electron chi connectivity index (χ2n) is 3.78. The Kier molecular flexibility index (Phi) is 4.58. The van der Waals surface area contributed by atoms with Crippen LogP contribution in [0, 0.1) is 3.57 Å². The summed E-state index contributed by atoms with van der Waals surface area (Å²) in [6.45, 7) is 0.259. The lowest BCUT2D eigenvalue weighted by Crippen LogP contribution is -2.21. The second kappa shape index (κ2) is 6.39. The van der Waals surface area contributed by atoms with Gasteiger partial charge in [-0.1, -0.05) is 24.3 Å². The van der Waals surface area contributed by atoms with Gasteiger partial charge in [-0.25, -0.2) is 0 Å².